The normalized spacial score (nSPS) is 40.8. The molecule has 31 atom stereocenters. The molecule has 5 saturated heterocycles. The minimum Gasteiger partial charge on any atom is -0.477 e. The summed E-state index contributed by atoms with van der Waals surface area (Å²) in [4.78, 5) is 74.7. The molecule has 0 saturated carbocycles. The van der Waals surface area contributed by atoms with E-state index in [0.717, 1.165) is 20.8 Å². The predicted molar refractivity (Wildman–Crippen MR) is 270 cm³/mol. The van der Waals surface area contributed by atoms with Gasteiger partial charge in [-0.25, -0.2) is 9.59 Å². The van der Waals surface area contributed by atoms with Crippen LogP contribution in [0.4, 0.5) is 0 Å². The third kappa shape index (κ3) is 16.7. The summed E-state index contributed by atoms with van der Waals surface area (Å²) in [5.74, 6) is -13.4. The highest BCUT2D eigenvalue weighted by molar-refractivity contribution is 5.77. The average molecular weight is 1290 g/mol. The van der Waals surface area contributed by atoms with Crippen LogP contribution in [-0.4, -0.2) is 372 Å². The summed E-state index contributed by atoms with van der Waals surface area (Å²) in [6.07, 6.45) is -61.5. The second-order valence-corrected chi connectivity index (χ2v) is 21.5. The van der Waals surface area contributed by atoms with Crippen LogP contribution in [0.15, 0.2) is 0 Å². The number of rotatable bonds is 29. The summed E-state index contributed by atoms with van der Waals surface area (Å²) in [6.45, 7) is -4.61. The molecule has 5 fully saturated rings. The van der Waals surface area contributed by atoms with Crippen LogP contribution in [-0.2, 0) is 76.1 Å². The Morgan fingerprint density at radius 1 is 0.534 bits per heavy atom. The fourth-order valence-corrected chi connectivity index (χ4v) is 10.6. The van der Waals surface area contributed by atoms with Crippen LogP contribution in [0.3, 0.4) is 0 Å². The summed E-state index contributed by atoms with van der Waals surface area (Å²) >= 11 is 0. The van der Waals surface area contributed by atoms with Gasteiger partial charge >= 0.3 is 11.9 Å². The number of carboxylic acid groups (broad SMARTS) is 2. The molecule has 40 heteroatoms. The van der Waals surface area contributed by atoms with E-state index < -0.39 is 271 Å². The zero-order chi connectivity index (χ0) is 66.2. The van der Waals surface area contributed by atoms with Gasteiger partial charge in [-0.3, -0.25) is 14.4 Å². The lowest BCUT2D eigenvalue weighted by Gasteiger charge is -2.51. The van der Waals surface area contributed by atoms with Gasteiger partial charge in [-0.15, -0.1) is 0 Å². The van der Waals surface area contributed by atoms with E-state index in [1.54, 1.807) is 0 Å². The van der Waals surface area contributed by atoms with Crippen LogP contribution in [0.5, 0.6) is 0 Å². The molecule has 31 unspecified atom stereocenters. The third-order valence-electron chi connectivity index (χ3n) is 15.1. The Morgan fingerprint density at radius 3 is 1.38 bits per heavy atom. The van der Waals surface area contributed by atoms with Gasteiger partial charge in [0.2, 0.25) is 17.7 Å². The van der Waals surface area contributed by atoms with Crippen molar-refractivity contribution in [3.63, 3.8) is 0 Å². The summed E-state index contributed by atoms with van der Waals surface area (Å²) in [5.41, 5.74) is 0. The van der Waals surface area contributed by atoms with Crippen molar-refractivity contribution < 1.29 is 183 Å². The Morgan fingerprint density at radius 2 is 0.932 bits per heavy atom. The minimum absolute atomic E-state index is 0.286. The SMILES string of the molecule is CC(=O)NC1C(O)CC(OCC(O)C(OC2OC(CO)C(O)C(OC3OC(CO)C(O)C(OC4OC(CO)C(O)C(OC5(C(=O)O)CC(O)C(NC(C)=O)C(C(O)C(O)CO)O5)C4O)C3NC(C)=O)C2O)C(O)C(O)C=O)(C(=O)O)OC1C(O)C(O)CO. The van der Waals surface area contributed by atoms with E-state index in [4.69, 9.17) is 47.4 Å². The topological polar surface area (TPSA) is 656 Å². The van der Waals surface area contributed by atoms with Gasteiger partial charge in [-0.05, 0) is 0 Å². The van der Waals surface area contributed by atoms with Crippen LogP contribution in [0.25, 0.3) is 0 Å². The number of aliphatic hydroxyl groups is 19. The van der Waals surface area contributed by atoms with Crippen molar-refractivity contribution >= 4 is 35.9 Å². The maximum absolute atomic E-state index is 13.1. The molecular weight excluding hydrogens is 1210 g/mol. The highest BCUT2D eigenvalue weighted by atomic mass is 16.8. The quantitative estimate of drug-likeness (QED) is 0.0309. The fraction of sp³-hybridized carbons (Fsp3) is 0.875. The molecule has 40 nitrogen and oxygen atoms in total. The molecule has 0 aromatic rings. The summed E-state index contributed by atoms with van der Waals surface area (Å²) in [7, 11) is 0. The first-order valence-corrected chi connectivity index (χ1v) is 27.1. The maximum Gasteiger partial charge on any atom is 0.364 e. The zero-order valence-electron chi connectivity index (χ0n) is 46.9. The van der Waals surface area contributed by atoms with E-state index in [0.29, 0.717) is 0 Å². The first-order valence-electron chi connectivity index (χ1n) is 27.1. The van der Waals surface area contributed by atoms with Crippen molar-refractivity contribution in [1.29, 1.82) is 0 Å². The van der Waals surface area contributed by atoms with Gasteiger partial charge in [0.15, 0.2) is 25.2 Å². The average Bonchev–Trinajstić information content (AvgIpc) is 1.42. The van der Waals surface area contributed by atoms with Gasteiger partial charge < -0.3 is 175 Å². The van der Waals surface area contributed by atoms with Gasteiger partial charge in [-0.2, -0.15) is 0 Å². The smallest absolute Gasteiger partial charge is 0.364 e. The standard InChI is InChI=1S/C48H79N3O37/c1-13(58)49-25-16(61)4-47(45(75)76,86-38(25)29(68)19(64)7-53)79-12-21(66)36(28(67)18(63)6-52)83-43-34(73)40(32(71)23(10-56)81-43)85-42-27(51-15(3)60)37(31(70)22(9-55)80-42)84-44-35(74)41(33(72)24(11-57)82-44)88-48(46(77)78)5-17(62)26(50-14(2)59)39(87-48)30(69)20(65)8-54/h6,16-44,53-57,61-74H,4-5,7-12H2,1-3H3,(H,49,58)(H,50,59)(H,51,60)(H,75,76)(H,77,78). The van der Waals surface area contributed by atoms with Crippen molar-refractivity contribution in [2.24, 2.45) is 0 Å². The maximum atomic E-state index is 13.1. The summed E-state index contributed by atoms with van der Waals surface area (Å²) < 4.78 is 56.6. The Kier molecular flexibility index (Phi) is 27.1. The molecule has 0 aliphatic carbocycles. The van der Waals surface area contributed by atoms with Crippen LogP contribution in [0.2, 0.25) is 0 Å². The fourth-order valence-electron chi connectivity index (χ4n) is 10.6. The number of aliphatic carboxylic acids is 2. The lowest BCUT2D eigenvalue weighted by molar-refractivity contribution is -0.387. The number of hydrogen-bond acceptors (Lipinski definition) is 35. The number of aliphatic hydroxyl groups excluding tert-OH is 19. The number of carbonyl (C=O) groups is 6. The molecule has 508 valence electrons. The molecule has 0 aromatic heterocycles. The second kappa shape index (κ2) is 31.9. The molecule has 5 rings (SSSR count). The highest BCUT2D eigenvalue weighted by Crippen LogP contribution is 2.40. The van der Waals surface area contributed by atoms with Gasteiger partial charge in [0, 0.05) is 33.6 Å². The largest absolute Gasteiger partial charge is 0.477 e. The Hall–Kier alpha value is -4.14. The Balaban J connectivity index is 1.46. The van der Waals surface area contributed by atoms with Crippen molar-refractivity contribution in [2.75, 3.05) is 39.6 Å². The molecule has 0 spiro atoms. The Bertz CT molecular complexity index is 2300. The number of nitrogens with one attached hydrogen (secondary N) is 3. The number of amides is 3. The van der Waals surface area contributed by atoms with Crippen molar-refractivity contribution in [2.45, 2.75) is 223 Å². The van der Waals surface area contributed by atoms with Crippen LogP contribution < -0.4 is 16.0 Å². The second-order valence-electron chi connectivity index (χ2n) is 21.5. The van der Waals surface area contributed by atoms with E-state index >= 15 is 0 Å². The molecule has 3 amide bonds. The third-order valence-corrected chi connectivity index (χ3v) is 15.1. The van der Waals surface area contributed by atoms with Gasteiger partial charge in [0.25, 0.3) is 11.6 Å². The van der Waals surface area contributed by atoms with Crippen LogP contribution >= 0.6 is 0 Å². The van der Waals surface area contributed by atoms with Crippen LogP contribution in [0, 0.1) is 0 Å². The Labute approximate surface area is 496 Å². The minimum atomic E-state index is -3.28. The molecular formula is C48H79N3O37. The van der Waals surface area contributed by atoms with E-state index in [1.807, 2.05) is 0 Å². The first-order chi connectivity index (χ1) is 41.2. The molecule has 0 radical (unpaired) electrons. The first kappa shape index (κ1) is 74.6. The molecule has 5 aliphatic heterocycles. The predicted octanol–water partition coefficient (Wildman–Crippen LogP) is -15.4. The van der Waals surface area contributed by atoms with Gasteiger partial charge in [0.05, 0.1) is 63.9 Å². The van der Waals surface area contributed by atoms with Gasteiger partial charge in [0.1, 0.15) is 134 Å². The van der Waals surface area contributed by atoms with Crippen molar-refractivity contribution in [3.05, 3.63) is 0 Å². The van der Waals surface area contributed by atoms with E-state index in [1.165, 1.54) is 0 Å². The van der Waals surface area contributed by atoms with Crippen molar-refractivity contribution in [1.82, 2.24) is 16.0 Å². The molecule has 5 aliphatic rings. The number of carboxylic acids is 2. The molecule has 0 bridgehead atoms. The number of hydrogen-bond donors (Lipinski definition) is 24. The van der Waals surface area contributed by atoms with E-state index in [9.17, 15) is 136 Å². The van der Waals surface area contributed by atoms with Crippen LogP contribution in [0.1, 0.15) is 33.6 Å². The lowest BCUT2D eigenvalue weighted by atomic mass is 9.88. The zero-order valence-corrected chi connectivity index (χ0v) is 46.9. The van der Waals surface area contributed by atoms with Gasteiger partial charge in [-0.1, -0.05) is 0 Å². The highest BCUT2D eigenvalue weighted by Gasteiger charge is 2.62. The van der Waals surface area contributed by atoms with Crippen molar-refractivity contribution in [3.8, 4) is 0 Å². The molecule has 24 N–H and O–H groups in total. The lowest BCUT2D eigenvalue weighted by Crippen LogP contribution is -2.71. The summed E-state index contributed by atoms with van der Waals surface area (Å²) in [6, 6.07) is -5.44. The molecule has 0 aromatic carbocycles. The number of carbonyl (C=O) groups excluding carboxylic acids is 4. The van der Waals surface area contributed by atoms with E-state index in [2.05, 4.69) is 16.0 Å². The monoisotopic (exact) mass is 1290 g/mol. The molecule has 5 heterocycles. The number of ether oxygens (including phenoxy) is 10. The van der Waals surface area contributed by atoms with E-state index in [-0.39, 0.29) is 6.29 Å². The molecule has 88 heavy (non-hydrogen) atoms. The number of aldehydes is 1. The summed E-state index contributed by atoms with van der Waals surface area (Å²) in [5, 5.41) is 234.